The summed E-state index contributed by atoms with van der Waals surface area (Å²) in [6, 6.07) is 0. The number of rotatable bonds is 10. The molecule has 0 atom stereocenters. The summed E-state index contributed by atoms with van der Waals surface area (Å²) in [6.45, 7) is 7.24. The number of hydrogen-bond donors (Lipinski definition) is 2. The summed E-state index contributed by atoms with van der Waals surface area (Å²) in [4.78, 5) is 11.4. The summed E-state index contributed by atoms with van der Waals surface area (Å²) in [7, 11) is 3.68. The molecule has 0 aromatic heterocycles. The SMILES string of the molecule is C/C=C(C)\C=C/NCC(=O)NCCSSCCC. The van der Waals surface area contributed by atoms with E-state index in [2.05, 4.69) is 17.6 Å². The normalized spacial score (nSPS) is 11.8. The average Bonchev–Trinajstić information content (AvgIpc) is 2.38. The van der Waals surface area contributed by atoms with E-state index in [1.807, 2.05) is 47.6 Å². The number of allylic oxidation sites excluding steroid dienone is 3. The Morgan fingerprint density at radius 2 is 2.00 bits per heavy atom. The fourth-order valence-electron chi connectivity index (χ4n) is 0.934. The molecular weight excluding hydrogens is 264 g/mol. The van der Waals surface area contributed by atoms with Gasteiger partial charge in [-0.15, -0.1) is 0 Å². The second kappa shape index (κ2) is 12.9. The van der Waals surface area contributed by atoms with Crippen molar-refractivity contribution in [1.29, 1.82) is 0 Å². The fraction of sp³-hybridized carbons (Fsp3) is 0.615. The molecule has 5 heteroatoms. The lowest BCUT2D eigenvalue weighted by Crippen LogP contribution is -2.33. The maximum atomic E-state index is 11.4. The van der Waals surface area contributed by atoms with Gasteiger partial charge in [0, 0.05) is 18.1 Å². The highest BCUT2D eigenvalue weighted by Gasteiger charge is 1.97. The number of hydrogen-bond acceptors (Lipinski definition) is 4. The van der Waals surface area contributed by atoms with Crippen molar-refractivity contribution in [3.63, 3.8) is 0 Å². The third kappa shape index (κ3) is 11.9. The third-order valence-electron chi connectivity index (χ3n) is 2.06. The van der Waals surface area contributed by atoms with Gasteiger partial charge in [0.15, 0.2) is 0 Å². The van der Waals surface area contributed by atoms with E-state index in [4.69, 9.17) is 0 Å². The molecule has 0 aromatic rings. The molecule has 0 aromatic carbocycles. The molecule has 0 fully saturated rings. The van der Waals surface area contributed by atoms with E-state index >= 15 is 0 Å². The number of carbonyl (C=O) groups excluding carboxylic acids is 1. The van der Waals surface area contributed by atoms with Crippen molar-refractivity contribution in [3.05, 3.63) is 23.9 Å². The van der Waals surface area contributed by atoms with Crippen molar-refractivity contribution < 1.29 is 4.79 Å². The standard InChI is InChI=1S/C13H24N2OS2/c1-4-9-17-18-10-8-15-13(16)11-14-7-6-12(3)5-2/h5-7,14H,4,8-11H2,1-3H3,(H,15,16)/b7-6-,12-5-. The highest BCUT2D eigenvalue weighted by atomic mass is 33.1. The van der Waals surface area contributed by atoms with Gasteiger partial charge in [-0.3, -0.25) is 4.79 Å². The van der Waals surface area contributed by atoms with Gasteiger partial charge in [0.05, 0.1) is 6.54 Å². The Bertz CT molecular complexity index is 278. The second-order valence-corrected chi connectivity index (χ2v) is 6.44. The first kappa shape index (κ1) is 17.4. The van der Waals surface area contributed by atoms with E-state index in [9.17, 15) is 4.79 Å². The summed E-state index contributed by atoms with van der Waals surface area (Å²) in [6.07, 6.45) is 6.97. The molecule has 0 spiro atoms. The van der Waals surface area contributed by atoms with Crippen LogP contribution >= 0.6 is 21.6 Å². The maximum absolute atomic E-state index is 11.4. The lowest BCUT2D eigenvalue weighted by molar-refractivity contribution is -0.119. The Morgan fingerprint density at radius 3 is 2.67 bits per heavy atom. The Morgan fingerprint density at radius 1 is 1.28 bits per heavy atom. The smallest absolute Gasteiger partial charge is 0.239 e. The van der Waals surface area contributed by atoms with Crippen LogP contribution in [0.4, 0.5) is 0 Å². The summed E-state index contributed by atoms with van der Waals surface area (Å²) >= 11 is 0. The molecule has 0 rings (SSSR count). The van der Waals surface area contributed by atoms with Crippen LogP contribution in [0.15, 0.2) is 23.9 Å². The van der Waals surface area contributed by atoms with Gasteiger partial charge < -0.3 is 10.6 Å². The average molecular weight is 288 g/mol. The van der Waals surface area contributed by atoms with Crippen LogP contribution in [0, 0.1) is 0 Å². The first-order valence-electron chi connectivity index (χ1n) is 6.24. The van der Waals surface area contributed by atoms with E-state index < -0.39 is 0 Å². The molecule has 2 N–H and O–H groups in total. The molecule has 0 aliphatic carbocycles. The van der Waals surface area contributed by atoms with Gasteiger partial charge in [-0.25, -0.2) is 0 Å². The molecule has 0 unspecified atom stereocenters. The van der Waals surface area contributed by atoms with E-state index in [0.29, 0.717) is 6.54 Å². The molecule has 0 heterocycles. The predicted molar refractivity (Wildman–Crippen MR) is 84.8 cm³/mol. The van der Waals surface area contributed by atoms with E-state index in [0.717, 1.165) is 12.3 Å². The zero-order valence-corrected chi connectivity index (χ0v) is 13.1. The van der Waals surface area contributed by atoms with E-state index in [1.165, 1.54) is 17.7 Å². The van der Waals surface area contributed by atoms with Gasteiger partial charge in [0.25, 0.3) is 0 Å². The monoisotopic (exact) mass is 288 g/mol. The lowest BCUT2D eigenvalue weighted by Gasteiger charge is -2.04. The molecule has 0 saturated carbocycles. The molecule has 0 aliphatic rings. The van der Waals surface area contributed by atoms with E-state index in [-0.39, 0.29) is 5.91 Å². The zero-order chi connectivity index (χ0) is 13.6. The van der Waals surface area contributed by atoms with E-state index in [1.54, 1.807) is 6.20 Å². The molecule has 104 valence electrons. The van der Waals surface area contributed by atoms with Crippen molar-refractivity contribution in [2.24, 2.45) is 0 Å². The second-order valence-electron chi connectivity index (χ2n) is 3.74. The predicted octanol–water partition coefficient (Wildman–Crippen LogP) is 2.96. The lowest BCUT2D eigenvalue weighted by atomic mass is 10.3. The van der Waals surface area contributed by atoms with Gasteiger partial charge in [-0.1, -0.05) is 40.2 Å². The Kier molecular flexibility index (Phi) is 12.5. The van der Waals surface area contributed by atoms with Gasteiger partial charge in [0.1, 0.15) is 0 Å². The van der Waals surface area contributed by atoms with Crippen molar-refractivity contribution in [3.8, 4) is 0 Å². The Balaban J connectivity index is 3.41. The summed E-state index contributed by atoms with van der Waals surface area (Å²) in [5.74, 6) is 2.18. The minimum atomic E-state index is 0.0406. The van der Waals surface area contributed by atoms with Gasteiger partial charge in [-0.05, 0) is 32.5 Å². The topological polar surface area (TPSA) is 41.1 Å². The van der Waals surface area contributed by atoms with Crippen LogP contribution in [0.1, 0.15) is 27.2 Å². The first-order valence-corrected chi connectivity index (χ1v) is 8.73. The molecule has 3 nitrogen and oxygen atoms in total. The van der Waals surface area contributed by atoms with Crippen molar-refractivity contribution in [2.75, 3.05) is 24.6 Å². The molecule has 0 saturated heterocycles. The van der Waals surface area contributed by atoms with Crippen LogP contribution in [-0.4, -0.2) is 30.5 Å². The van der Waals surface area contributed by atoms with Gasteiger partial charge in [0.2, 0.25) is 5.91 Å². The van der Waals surface area contributed by atoms with Gasteiger partial charge >= 0.3 is 0 Å². The van der Waals surface area contributed by atoms with Crippen molar-refractivity contribution >= 4 is 27.5 Å². The van der Waals surface area contributed by atoms with Crippen LogP contribution in [-0.2, 0) is 4.79 Å². The molecule has 1 amide bonds. The molecule has 0 aliphatic heterocycles. The minimum absolute atomic E-state index is 0.0406. The number of carbonyl (C=O) groups is 1. The molecule has 0 bridgehead atoms. The summed E-state index contributed by atoms with van der Waals surface area (Å²) in [5.41, 5.74) is 1.17. The fourth-order valence-corrected chi connectivity index (χ4v) is 2.98. The van der Waals surface area contributed by atoms with Crippen molar-refractivity contribution in [2.45, 2.75) is 27.2 Å². The van der Waals surface area contributed by atoms with Crippen LogP contribution < -0.4 is 10.6 Å². The third-order valence-corrected chi connectivity index (χ3v) is 4.67. The van der Waals surface area contributed by atoms with Gasteiger partial charge in [-0.2, -0.15) is 0 Å². The molecular formula is C13H24N2OS2. The zero-order valence-electron chi connectivity index (χ0n) is 11.5. The summed E-state index contributed by atoms with van der Waals surface area (Å²) < 4.78 is 0. The van der Waals surface area contributed by atoms with Crippen LogP contribution in [0.2, 0.25) is 0 Å². The van der Waals surface area contributed by atoms with Crippen LogP contribution in [0.5, 0.6) is 0 Å². The highest BCUT2D eigenvalue weighted by molar-refractivity contribution is 8.76. The number of nitrogens with one attached hydrogen (secondary N) is 2. The largest absolute Gasteiger partial charge is 0.382 e. The first-order chi connectivity index (χ1) is 8.70. The van der Waals surface area contributed by atoms with Crippen LogP contribution in [0.3, 0.4) is 0 Å². The highest BCUT2D eigenvalue weighted by Crippen LogP contribution is 2.20. The quantitative estimate of drug-likeness (QED) is 0.368. The Labute approximate surface area is 119 Å². The summed E-state index contributed by atoms with van der Waals surface area (Å²) in [5, 5.41) is 5.84. The molecule has 0 radical (unpaired) electrons. The minimum Gasteiger partial charge on any atom is -0.382 e. The number of amides is 1. The van der Waals surface area contributed by atoms with Crippen LogP contribution in [0.25, 0.3) is 0 Å². The molecule has 18 heavy (non-hydrogen) atoms. The van der Waals surface area contributed by atoms with Crippen molar-refractivity contribution in [1.82, 2.24) is 10.6 Å². The maximum Gasteiger partial charge on any atom is 0.239 e. The Hall–Kier alpha value is -0.550.